The molecule has 1 aromatic heterocycles. The number of rotatable bonds is 4. The largest absolute Gasteiger partial charge is 0.478 e. The molecule has 0 saturated carbocycles. The second-order valence-corrected chi connectivity index (χ2v) is 7.80. The van der Waals surface area contributed by atoms with Crippen LogP contribution in [-0.2, 0) is 9.59 Å². The number of carbonyl (C=O) groups excluding carboxylic acids is 2. The summed E-state index contributed by atoms with van der Waals surface area (Å²) in [5, 5.41) is 12.6. The Balaban J connectivity index is 1.82. The van der Waals surface area contributed by atoms with Crippen LogP contribution in [0.5, 0.6) is 0 Å². The Kier molecular flexibility index (Phi) is 5.16. The van der Waals surface area contributed by atoms with E-state index in [1.807, 2.05) is 30.5 Å². The highest BCUT2D eigenvalue weighted by Crippen LogP contribution is 2.28. The van der Waals surface area contributed by atoms with E-state index in [0.717, 1.165) is 21.4 Å². The summed E-state index contributed by atoms with van der Waals surface area (Å²) in [6.45, 7) is 4.11. The van der Waals surface area contributed by atoms with Crippen LogP contribution >= 0.6 is 12.2 Å². The summed E-state index contributed by atoms with van der Waals surface area (Å²) in [6.07, 6.45) is 3.46. The zero-order valence-electron chi connectivity index (χ0n) is 16.8. The maximum absolute atomic E-state index is 13.3. The zero-order chi connectivity index (χ0) is 22.3. The van der Waals surface area contributed by atoms with Gasteiger partial charge in [0, 0.05) is 28.7 Å². The number of carboxylic acid groups (broad SMARTS) is 1. The molecule has 31 heavy (non-hydrogen) atoms. The van der Waals surface area contributed by atoms with Crippen molar-refractivity contribution in [3.8, 4) is 0 Å². The normalized spacial score (nSPS) is 15.8. The van der Waals surface area contributed by atoms with Gasteiger partial charge in [0.2, 0.25) is 0 Å². The summed E-state index contributed by atoms with van der Waals surface area (Å²) in [5.74, 6) is -2.33. The topological polar surface area (TPSA) is 91.6 Å². The number of nitrogens with one attached hydrogen (secondary N) is 1. The SMILES string of the molecule is CC(C)n1cc(C=C2C(=O)NC(=S)N(c3cccc(C(=O)O)c3)C2=O)c2ccccc21. The molecule has 2 aromatic carbocycles. The van der Waals surface area contributed by atoms with Crippen LogP contribution in [0.15, 0.2) is 60.3 Å². The highest BCUT2D eigenvalue weighted by Gasteiger charge is 2.35. The lowest BCUT2D eigenvalue weighted by molar-refractivity contribution is -0.122. The number of hydrogen-bond acceptors (Lipinski definition) is 4. The predicted molar refractivity (Wildman–Crippen MR) is 122 cm³/mol. The Bertz CT molecular complexity index is 1290. The van der Waals surface area contributed by atoms with Crippen molar-refractivity contribution in [2.24, 2.45) is 0 Å². The van der Waals surface area contributed by atoms with Gasteiger partial charge in [0.25, 0.3) is 11.8 Å². The smallest absolute Gasteiger partial charge is 0.335 e. The molecule has 0 radical (unpaired) electrons. The zero-order valence-corrected chi connectivity index (χ0v) is 17.6. The van der Waals surface area contributed by atoms with Crippen LogP contribution < -0.4 is 10.2 Å². The van der Waals surface area contributed by atoms with Gasteiger partial charge in [0.1, 0.15) is 5.57 Å². The first-order valence-electron chi connectivity index (χ1n) is 9.62. The van der Waals surface area contributed by atoms with E-state index in [4.69, 9.17) is 12.2 Å². The molecule has 1 aliphatic heterocycles. The highest BCUT2D eigenvalue weighted by molar-refractivity contribution is 7.80. The molecule has 8 heteroatoms. The first-order chi connectivity index (χ1) is 14.8. The average Bonchev–Trinajstić information content (AvgIpc) is 3.10. The number of para-hydroxylation sites is 1. The van der Waals surface area contributed by atoms with Crippen molar-refractivity contribution in [2.45, 2.75) is 19.9 Å². The molecule has 7 nitrogen and oxygen atoms in total. The molecule has 0 aliphatic carbocycles. The molecule has 0 atom stereocenters. The lowest BCUT2D eigenvalue weighted by Crippen LogP contribution is -2.54. The van der Waals surface area contributed by atoms with Gasteiger partial charge >= 0.3 is 5.97 Å². The monoisotopic (exact) mass is 433 g/mol. The summed E-state index contributed by atoms with van der Waals surface area (Å²) >= 11 is 5.20. The van der Waals surface area contributed by atoms with Gasteiger partial charge in [-0.2, -0.15) is 0 Å². The number of hydrogen-bond donors (Lipinski definition) is 2. The summed E-state index contributed by atoms with van der Waals surface area (Å²) < 4.78 is 2.08. The molecule has 1 fully saturated rings. The number of aromatic nitrogens is 1. The minimum Gasteiger partial charge on any atom is -0.478 e. The Morgan fingerprint density at radius 3 is 2.58 bits per heavy atom. The molecular weight excluding hydrogens is 414 g/mol. The molecule has 1 aliphatic rings. The number of amides is 2. The summed E-state index contributed by atoms with van der Waals surface area (Å²) in [6, 6.07) is 13.8. The van der Waals surface area contributed by atoms with Crippen LogP contribution in [0.25, 0.3) is 17.0 Å². The molecule has 2 heterocycles. The molecule has 2 N–H and O–H groups in total. The van der Waals surface area contributed by atoms with Crippen molar-refractivity contribution in [2.75, 3.05) is 4.90 Å². The van der Waals surface area contributed by atoms with Gasteiger partial charge < -0.3 is 9.67 Å². The molecule has 0 spiro atoms. The fourth-order valence-corrected chi connectivity index (χ4v) is 3.88. The van der Waals surface area contributed by atoms with E-state index in [1.54, 1.807) is 12.1 Å². The van der Waals surface area contributed by atoms with Crippen molar-refractivity contribution in [1.82, 2.24) is 9.88 Å². The molecule has 3 aromatic rings. The van der Waals surface area contributed by atoms with E-state index in [2.05, 4.69) is 23.7 Å². The predicted octanol–water partition coefficient (Wildman–Crippen LogP) is 3.75. The number of fused-ring (bicyclic) bond motifs is 1. The minimum atomic E-state index is -1.13. The van der Waals surface area contributed by atoms with Crippen molar-refractivity contribution < 1.29 is 19.5 Å². The third-order valence-corrected chi connectivity index (χ3v) is 5.37. The number of aromatic carboxylic acids is 1. The number of thiocarbonyl (C=S) groups is 1. The van der Waals surface area contributed by atoms with Crippen LogP contribution in [0.4, 0.5) is 5.69 Å². The quantitative estimate of drug-likeness (QED) is 0.371. The third-order valence-electron chi connectivity index (χ3n) is 5.08. The van der Waals surface area contributed by atoms with Crippen molar-refractivity contribution in [3.05, 3.63) is 71.4 Å². The molecule has 1 saturated heterocycles. The summed E-state index contributed by atoms with van der Waals surface area (Å²) in [7, 11) is 0. The lowest BCUT2D eigenvalue weighted by atomic mass is 10.1. The second-order valence-electron chi connectivity index (χ2n) is 7.42. The second kappa shape index (κ2) is 7.81. The van der Waals surface area contributed by atoms with Gasteiger partial charge in [0.15, 0.2) is 5.11 Å². The standard InChI is InChI=1S/C23H19N3O4S/c1-13(2)25-12-15(17-8-3-4-9-19(17)25)11-18-20(27)24-23(31)26(21(18)28)16-7-5-6-14(10-16)22(29)30/h3-13H,1-2H3,(H,29,30)(H,24,27,31). The van der Waals surface area contributed by atoms with E-state index in [0.29, 0.717) is 0 Å². The Labute approximate surface area is 183 Å². The fourth-order valence-electron chi connectivity index (χ4n) is 3.60. The van der Waals surface area contributed by atoms with Crippen LogP contribution in [0, 0.1) is 0 Å². The Morgan fingerprint density at radius 1 is 1.13 bits per heavy atom. The number of nitrogens with zero attached hydrogens (tertiary/aromatic N) is 2. The lowest BCUT2D eigenvalue weighted by Gasteiger charge is -2.29. The Hall–Kier alpha value is -3.78. The van der Waals surface area contributed by atoms with E-state index in [1.165, 1.54) is 18.2 Å². The van der Waals surface area contributed by atoms with E-state index < -0.39 is 17.8 Å². The third kappa shape index (κ3) is 3.62. The maximum Gasteiger partial charge on any atom is 0.335 e. The molecule has 4 rings (SSSR count). The van der Waals surface area contributed by atoms with Crippen LogP contribution in [0.2, 0.25) is 0 Å². The van der Waals surface area contributed by atoms with Crippen molar-refractivity contribution in [3.63, 3.8) is 0 Å². The first kappa shape index (κ1) is 20.5. The maximum atomic E-state index is 13.3. The number of benzene rings is 2. The minimum absolute atomic E-state index is 0.00975. The molecule has 0 unspecified atom stereocenters. The van der Waals surface area contributed by atoms with Crippen molar-refractivity contribution in [1.29, 1.82) is 0 Å². The first-order valence-corrected chi connectivity index (χ1v) is 10.0. The fraction of sp³-hybridized carbons (Fsp3) is 0.130. The highest BCUT2D eigenvalue weighted by atomic mass is 32.1. The number of anilines is 1. The van der Waals surface area contributed by atoms with Gasteiger partial charge in [-0.05, 0) is 56.4 Å². The summed E-state index contributed by atoms with van der Waals surface area (Å²) in [5.41, 5.74) is 1.92. The van der Waals surface area contributed by atoms with Gasteiger partial charge in [-0.3, -0.25) is 19.8 Å². The van der Waals surface area contributed by atoms with Crippen molar-refractivity contribution >= 4 is 57.8 Å². The molecule has 0 bridgehead atoms. The van der Waals surface area contributed by atoms with Gasteiger partial charge in [0.05, 0.1) is 11.3 Å². The molecule has 156 valence electrons. The number of carboxylic acids is 1. The van der Waals surface area contributed by atoms with E-state index in [-0.39, 0.29) is 28.0 Å². The molecule has 2 amide bonds. The van der Waals surface area contributed by atoms with Gasteiger partial charge in [-0.15, -0.1) is 0 Å². The van der Waals surface area contributed by atoms with Crippen LogP contribution in [0.3, 0.4) is 0 Å². The van der Waals surface area contributed by atoms with E-state index >= 15 is 0 Å². The van der Waals surface area contributed by atoms with E-state index in [9.17, 15) is 19.5 Å². The molecular formula is C23H19N3O4S. The van der Waals surface area contributed by atoms with Crippen LogP contribution in [-0.4, -0.2) is 32.6 Å². The average molecular weight is 433 g/mol. The van der Waals surface area contributed by atoms with Crippen LogP contribution in [0.1, 0.15) is 35.8 Å². The Morgan fingerprint density at radius 2 is 1.87 bits per heavy atom. The number of carbonyl (C=O) groups is 3. The summed E-state index contributed by atoms with van der Waals surface area (Å²) in [4.78, 5) is 38.4. The van der Waals surface area contributed by atoms with Gasteiger partial charge in [-0.25, -0.2) is 4.79 Å². The van der Waals surface area contributed by atoms with Gasteiger partial charge in [-0.1, -0.05) is 24.3 Å².